The van der Waals surface area contributed by atoms with Crippen LogP contribution in [0.15, 0.2) is 5.51 Å². The van der Waals surface area contributed by atoms with Crippen molar-refractivity contribution in [2.45, 2.75) is 45.1 Å². The number of carbonyl (C=O) groups excluding carboxylic acids is 2. The summed E-state index contributed by atoms with van der Waals surface area (Å²) in [6.07, 6.45) is 2.04. The lowest BCUT2D eigenvalue weighted by atomic mass is 9.78. The monoisotopic (exact) mass is 296 g/mol. The molecule has 20 heavy (non-hydrogen) atoms. The summed E-state index contributed by atoms with van der Waals surface area (Å²) < 4.78 is 0. The molecule has 1 aliphatic rings. The van der Waals surface area contributed by atoms with E-state index < -0.39 is 0 Å². The first-order valence-corrected chi connectivity index (χ1v) is 7.63. The molecule has 0 bridgehead atoms. The Bertz CT molecular complexity index is 494. The molecule has 0 aromatic carbocycles. The van der Waals surface area contributed by atoms with E-state index in [2.05, 4.69) is 15.6 Å². The minimum absolute atomic E-state index is 0.134. The van der Waals surface area contributed by atoms with Crippen LogP contribution in [0.5, 0.6) is 0 Å². The van der Waals surface area contributed by atoms with Crippen molar-refractivity contribution < 1.29 is 9.59 Å². The van der Waals surface area contributed by atoms with Crippen LogP contribution >= 0.6 is 11.3 Å². The highest BCUT2D eigenvalue weighted by Gasteiger charge is 2.31. The van der Waals surface area contributed by atoms with Gasteiger partial charge < -0.3 is 11.1 Å². The number of anilines is 1. The second-order valence-corrected chi connectivity index (χ2v) is 6.38. The molecule has 1 aliphatic carbocycles. The SMILES string of the molecule is CC(C)c1ncsc1NC(=O)NC1CC(CC(N)=O)C1. The van der Waals surface area contributed by atoms with Gasteiger partial charge in [-0.2, -0.15) is 0 Å². The molecule has 110 valence electrons. The average Bonchev–Trinajstić information content (AvgIpc) is 2.73. The Morgan fingerprint density at radius 2 is 2.20 bits per heavy atom. The molecule has 0 saturated heterocycles. The summed E-state index contributed by atoms with van der Waals surface area (Å²) in [5.74, 6) is 0.316. The fourth-order valence-corrected chi connectivity index (χ4v) is 3.22. The summed E-state index contributed by atoms with van der Waals surface area (Å²) in [4.78, 5) is 26.9. The highest BCUT2D eigenvalue weighted by atomic mass is 32.1. The first-order chi connectivity index (χ1) is 9.45. The first kappa shape index (κ1) is 14.8. The Balaban J connectivity index is 1.77. The Kier molecular flexibility index (Phi) is 4.59. The summed E-state index contributed by atoms with van der Waals surface area (Å²) in [5.41, 5.74) is 7.78. The third-order valence-electron chi connectivity index (χ3n) is 3.43. The van der Waals surface area contributed by atoms with E-state index in [4.69, 9.17) is 5.73 Å². The third-order valence-corrected chi connectivity index (χ3v) is 4.19. The fourth-order valence-electron chi connectivity index (χ4n) is 2.39. The van der Waals surface area contributed by atoms with E-state index in [9.17, 15) is 9.59 Å². The number of hydrogen-bond acceptors (Lipinski definition) is 4. The number of primary amides is 1. The van der Waals surface area contributed by atoms with Gasteiger partial charge in [-0.15, -0.1) is 11.3 Å². The number of nitrogens with one attached hydrogen (secondary N) is 2. The molecule has 0 radical (unpaired) electrons. The van der Waals surface area contributed by atoms with Crippen LogP contribution in [0.1, 0.15) is 44.7 Å². The van der Waals surface area contributed by atoms with Gasteiger partial charge in [0.25, 0.3) is 0 Å². The van der Waals surface area contributed by atoms with Crippen LogP contribution in [0.3, 0.4) is 0 Å². The first-order valence-electron chi connectivity index (χ1n) is 6.75. The lowest BCUT2D eigenvalue weighted by Gasteiger charge is -2.35. The molecule has 0 unspecified atom stereocenters. The third kappa shape index (κ3) is 3.69. The maximum atomic E-state index is 11.9. The quantitative estimate of drug-likeness (QED) is 0.775. The lowest BCUT2D eigenvalue weighted by Crippen LogP contribution is -2.46. The van der Waals surface area contributed by atoms with E-state index in [0.29, 0.717) is 12.3 Å². The summed E-state index contributed by atoms with van der Waals surface area (Å²) >= 11 is 1.42. The topological polar surface area (TPSA) is 97.1 Å². The molecule has 0 aliphatic heterocycles. The van der Waals surface area contributed by atoms with Crippen LogP contribution in [0, 0.1) is 5.92 Å². The molecule has 0 spiro atoms. The normalized spacial score (nSPS) is 21.4. The van der Waals surface area contributed by atoms with Crippen LogP contribution in [-0.4, -0.2) is 23.0 Å². The van der Waals surface area contributed by atoms with Crippen molar-refractivity contribution in [1.82, 2.24) is 10.3 Å². The van der Waals surface area contributed by atoms with Crippen molar-refractivity contribution >= 4 is 28.3 Å². The van der Waals surface area contributed by atoms with Crippen LogP contribution in [-0.2, 0) is 4.79 Å². The molecule has 3 amide bonds. The Hall–Kier alpha value is -1.63. The zero-order valence-corrected chi connectivity index (χ0v) is 12.5. The van der Waals surface area contributed by atoms with E-state index in [0.717, 1.165) is 23.5 Å². The van der Waals surface area contributed by atoms with Crippen molar-refractivity contribution in [2.75, 3.05) is 5.32 Å². The maximum absolute atomic E-state index is 11.9. The van der Waals surface area contributed by atoms with E-state index >= 15 is 0 Å². The average molecular weight is 296 g/mol. The molecule has 1 saturated carbocycles. The van der Waals surface area contributed by atoms with Gasteiger partial charge in [-0.3, -0.25) is 10.1 Å². The van der Waals surface area contributed by atoms with E-state index in [1.807, 2.05) is 13.8 Å². The van der Waals surface area contributed by atoms with Crippen LogP contribution < -0.4 is 16.4 Å². The largest absolute Gasteiger partial charge is 0.370 e. The molecular formula is C13H20N4O2S. The van der Waals surface area contributed by atoms with Crippen molar-refractivity contribution in [3.05, 3.63) is 11.2 Å². The maximum Gasteiger partial charge on any atom is 0.320 e. The summed E-state index contributed by atoms with van der Waals surface area (Å²) in [6, 6.07) is -0.0755. The highest BCUT2D eigenvalue weighted by molar-refractivity contribution is 7.14. The van der Waals surface area contributed by atoms with Gasteiger partial charge in [0.05, 0.1) is 11.2 Å². The second kappa shape index (κ2) is 6.21. The van der Waals surface area contributed by atoms with Crippen molar-refractivity contribution in [1.29, 1.82) is 0 Å². The molecule has 1 aromatic heterocycles. The van der Waals surface area contributed by atoms with Crippen LogP contribution in [0.2, 0.25) is 0 Å². The molecule has 1 fully saturated rings. The van der Waals surface area contributed by atoms with Gasteiger partial charge in [0.2, 0.25) is 5.91 Å². The molecular weight excluding hydrogens is 276 g/mol. The van der Waals surface area contributed by atoms with Crippen molar-refractivity contribution in [2.24, 2.45) is 11.7 Å². The fraction of sp³-hybridized carbons (Fsp3) is 0.615. The van der Waals surface area contributed by atoms with E-state index in [1.165, 1.54) is 11.3 Å². The zero-order valence-electron chi connectivity index (χ0n) is 11.7. The van der Waals surface area contributed by atoms with Gasteiger partial charge in [0.15, 0.2) is 0 Å². The minimum atomic E-state index is -0.274. The van der Waals surface area contributed by atoms with Gasteiger partial charge in [0.1, 0.15) is 5.00 Å². The number of thiazole rings is 1. The minimum Gasteiger partial charge on any atom is -0.370 e. The molecule has 6 nitrogen and oxygen atoms in total. The molecule has 1 aromatic rings. The number of amides is 3. The van der Waals surface area contributed by atoms with Gasteiger partial charge in [-0.25, -0.2) is 9.78 Å². The van der Waals surface area contributed by atoms with Gasteiger partial charge in [-0.05, 0) is 24.7 Å². The Morgan fingerprint density at radius 1 is 1.50 bits per heavy atom. The molecule has 4 N–H and O–H groups in total. The van der Waals surface area contributed by atoms with Gasteiger partial charge in [0, 0.05) is 12.5 Å². The van der Waals surface area contributed by atoms with Gasteiger partial charge in [-0.1, -0.05) is 13.8 Å². The van der Waals surface area contributed by atoms with Crippen LogP contribution in [0.25, 0.3) is 0 Å². The number of nitrogens with zero attached hydrogens (tertiary/aromatic N) is 1. The van der Waals surface area contributed by atoms with Crippen molar-refractivity contribution in [3.8, 4) is 0 Å². The number of carbonyl (C=O) groups is 2. The lowest BCUT2D eigenvalue weighted by molar-refractivity contribution is -0.119. The van der Waals surface area contributed by atoms with Crippen LogP contribution in [0.4, 0.5) is 9.80 Å². The molecule has 7 heteroatoms. The zero-order chi connectivity index (χ0) is 14.7. The standard InChI is InChI=1S/C13H20N4O2S/c1-7(2)11-12(20-6-15-11)17-13(19)16-9-3-8(4-9)5-10(14)18/h6-9H,3-5H2,1-2H3,(H2,14,18)(H2,16,17,19). The highest BCUT2D eigenvalue weighted by Crippen LogP contribution is 2.30. The number of aromatic nitrogens is 1. The number of urea groups is 1. The summed E-state index contributed by atoms with van der Waals surface area (Å²) in [7, 11) is 0. The molecule has 2 rings (SSSR count). The van der Waals surface area contributed by atoms with Gasteiger partial charge >= 0.3 is 6.03 Å². The summed E-state index contributed by atoms with van der Waals surface area (Å²) in [5, 5.41) is 6.54. The predicted molar refractivity (Wildman–Crippen MR) is 78.7 cm³/mol. The summed E-state index contributed by atoms with van der Waals surface area (Å²) in [6.45, 7) is 4.08. The number of nitrogens with two attached hydrogens (primary N) is 1. The Morgan fingerprint density at radius 3 is 2.80 bits per heavy atom. The smallest absolute Gasteiger partial charge is 0.320 e. The van der Waals surface area contributed by atoms with E-state index in [-0.39, 0.29) is 23.9 Å². The predicted octanol–water partition coefficient (Wildman–Crippen LogP) is 2.04. The molecule has 0 atom stereocenters. The number of rotatable bonds is 5. The van der Waals surface area contributed by atoms with Crippen molar-refractivity contribution in [3.63, 3.8) is 0 Å². The Labute approximate surface area is 122 Å². The van der Waals surface area contributed by atoms with E-state index in [1.54, 1.807) is 5.51 Å². The second-order valence-electron chi connectivity index (χ2n) is 5.52. The number of hydrogen-bond donors (Lipinski definition) is 3. The molecule has 1 heterocycles.